The molecule has 4 nitrogen and oxygen atoms in total. The van der Waals surface area contributed by atoms with Crippen LogP contribution in [-0.4, -0.2) is 25.2 Å². The van der Waals surface area contributed by atoms with E-state index in [1.807, 2.05) is 0 Å². The van der Waals surface area contributed by atoms with Crippen LogP contribution in [0.15, 0.2) is 37.0 Å². The molecule has 0 aliphatic rings. The first-order chi connectivity index (χ1) is 7.10. The van der Waals surface area contributed by atoms with Crippen LogP contribution in [0.3, 0.4) is 0 Å². The van der Waals surface area contributed by atoms with E-state index in [9.17, 15) is 9.59 Å². The van der Waals surface area contributed by atoms with Crippen molar-refractivity contribution in [2.45, 2.75) is 13.0 Å². The Morgan fingerprint density at radius 2 is 1.87 bits per heavy atom. The Bertz CT molecular complexity index is 289. The van der Waals surface area contributed by atoms with Crippen molar-refractivity contribution in [3.63, 3.8) is 0 Å². The second kappa shape index (κ2) is 7.55. The number of rotatable bonds is 5. The number of allylic oxidation sites excluding steroid dienone is 2. The molecule has 0 saturated heterocycles. The average Bonchev–Trinajstić information content (AvgIpc) is 2.22. The van der Waals surface area contributed by atoms with Gasteiger partial charge in [0.25, 0.3) is 0 Å². The molecule has 0 N–H and O–H groups in total. The first kappa shape index (κ1) is 13.2. The van der Waals surface area contributed by atoms with E-state index in [0.717, 1.165) is 12.2 Å². The van der Waals surface area contributed by atoms with Gasteiger partial charge in [0, 0.05) is 12.2 Å². The lowest BCUT2D eigenvalue weighted by atomic mass is 10.3. The summed E-state index contributed by atoms with van der Waals surface area (Å²) in [5, 5.41) is 0. The molecule has 15 heavy (non-hydrogen) atoms. The fourth-order valence-corrected chi connectivity index (χ4v) is 0.701. The molecule has 4 heteroatoms. The molecule has 0 radical (unpaired) electrons. The molecule has 82 valence electrons. The number of carbonyl (C=O) groups excluding carboxylic acids is 2. The van der Waals surface area contributed by atoms with E-state index in [-0.39, 0.29) is 6.10 Å². The molecule has 1 atom stereocenters. The molecule has 0 amide bonds. The molecule has 0 aromatic rings. The summed E-state index contributed by atoms with van der Waals surface area (Å²) in [6.45, 7) is 5.18. The van der Waals surface area contributed by atoms with E-state index in [1.54, 1.807) is 25.2 Å². The van der Waals surface area contributed by atoms with Gasteiger partial charge in [-0.05, 0) is 13.0 Å². The summed E-state index contributed by atoms with van der Waals surface area (Å²) in [6, 6.07) is 0. The highest BCUT2D eigenvalue weighted by Gasteiger charge is 2.03. The molecular formula is C11H14O4. The predicted octanol–water partition coefficient (Wildman–Crippen LogP) is 1.39. The Hall–Kier alpha value is -1.84. The quantitative estimate of drug-likeness (QED) is 0.391. The van der Waals surface area contributed by atoms with Crippen molar-refractivity contribution in [1.29, 1.82) is 0 Å². The van der Waals surface area contributed by atoms with Crippen molar-refractivity contribution < 1.29 is 19.1 Å². The summed E-state index contributed by atoms with van der Waals surface area (Å²) in [4.78, 5) is 21.7. The zero-order valence-corrected chi connectivity index (χ0v) is 8.80. The van der Waals surface area contributed by atoms with Crippen LogP contribution in [0.4, 0.5) is 0 Å². The highest BCUT2D eigenvalue weighted by Crippen LogP contribution is 1.95. The third kappa shape index (κ3) is 7.25. The number of methoxy groups -OCH3 is 1. The van der Waals surface area contributed by atoms with Crippen molar-refractivity contribution in [3.05, 3.63) is 37.0 Å². The van der Waals surface area contributed by atoms with Crippen LogP contribution >= 0.6 is 0 Å². The number of ether oxygens (including phenoxy) is 2. The Balaban J connectivity index is 4.03. The monoisotopic (exact) mass is 210 g/mol. The Morgan fingerprint density at radius 1 is 1.27 bits per heavy atom. The molecule has 0 spiro atoms. The third-order valence-electron chi connectivity index (χ3n) is 1.38. The number of carbonyl (C=O) groups is 2. The lowest BCUT2D eigenvalue weighted by Crippen LogP contribution is -2.10. The molecule has 0 saturated carbocycles. The summed E-state index contributed by atoms with van der Waals surface area (Å²) in [5.41, 5.74) is 0. The number of esters is 2. The minimum atomic E-state index is -0.596. The lowest BCUT2D eigenvalue weighted by molar-refractivity contribution is -0.141. The van der Waals surface area contributed by atoms with E-state index < -0.39 is 11.9 Å². The maximum absolute atomic E-state index is 11.1. The molecule has 0 aromatic carbocycles. The van der Waals surface area contributed by atoms with Crippen LogP contribution in [0.25, 0.3) is 0 Å². The van der Waals surface area contributed by atoms with Crippen LogP contribution < -0.4 is 0 Å². The fraction of sp³-hybridized carbons (Fsp3) is 0.273. The molecule has 0 unspecified atom stereocenters. The molecule has 0 rings (SSSR count). The van der Waals surface area contributed by atoms with Crippen LogP contribution in [0.1, 0.15) is 6.92 Å². The predicted molar refractivity (Wildman–Crippen MR) is 56.0 cm³/mol. The fourth-order valence-electron chi connectivity index (χ4n) is 0.701. The molecule has 0 aromatic heterocycles. The molecule has 0 heterocycles. The standard InChI is InChI=1S/C11H14O4/c1-4-5-6-9(2)15-11(13)8-7-10(12)14-3/h4-9H,1H2,2-3H3/b6-5+,8-7+/t9-/m0/s1. The van der Waals surface area contributed by atoms with Crippen LogP contribution in [0, 0.1) is 0 Å². The molecule has 0 aliphatic carbocycles. The van der Waals surface area contributed by atoms with Gasteiger partial charge in [0.05, 0.1) is 7.11 Å². The minimum absolute atomic E-state index is 0.363. The van der Waals surface area contributed by atoms with Crippen LogP contribution in [0.2, 0.25) is 0 Å². The maximum atomic E-state index is 11.1. The SMILES string of the molecule is C=C/C=C/[C@H](C)OC(=O)/C=C/C(=O)OC. The van der Waals surface area contributed by atoms with Gasteiger partial charge in [-0.2, -0.15) is 0 Å². The van der Waals surface area contributed by atoms with Crippen molar-refractivity contribution >= 4 is 11.9 Å². The summed E-state index contributed by atoms with van der Waals surface area (Å²) in [6.07, 6.45) is 6.57. The molecule has 0 bridgehead atoms. The zero-order valence-electron chi connectivity index (χ0n) is 8.80. The normalized spacial score (nSPS) is 12.7. The van der Waals surface area contributed by atoms with Crippen LogP contribution in [0.5, 0.6) is 0 Å². The average molecular weight is 210 g/mol. The van der Waals surface area contributed by atoms with Gasteiger partial charge in [0.1, 0.15) is 6.10 Å². The zero-order chi connectivity index (χ0) is 11.7. The van der Waals surface area contributed by atoms with Crippen LogP contribution in [-0.2, 0) is 19.1 Å². The molecule has 0 aliphatic heterocycles. The van der Waals surface area contributed by atoms with Crippen molar-refractivity contribution in [2.24, 2.45) is 0 Å². The number of hydrogen-bond acceptors (Lipinski definition) is 4. The van der Waals surface area contributed by atoms with E-state index in [1.165, 1.54) is 7.11 Å². The first-order valence-electron chi connectivity index (χ1n) is 4.36. The highest BCUT2D eigenvalue weighted by molar-refractivity contribution is 5.91. The van der Waals surface area contributed by atoms with Gasteiger partial charge < -0.3 is 9.47 Å². The Morgan fingerprint density at radius 3 is 2.40 bits per heavy atom. The Kier molecular flexibility index (Phi) is 6.63. The van der Waals surface area contributed by atoms with Gasteiger partial charge in [-0.25, -0.2) is 9.59 Å². The van der Waals surface area contributed by atoms with Crippen molar-refractivity contribution in [3.8, 4) is 0 Å². The summed E-state index contributed by atoms with van der Waals surface area (Å²) in [7, 11) is 1.23. The van der Waals surface area contributed by atoms with E-state index in [0.29, 0.717) is 0 Å². The van der Waals surface area contributed by atoms with Gasteiger partial charge in [-0.1, -0.05) is 18.7 Å². The van der Waals surface area contributed by atoms with Gasteiger partial charge in [-0.3, -0.25) is 0 Å². The smallest absolute Gasteiger partial charge is 0.331 e. The second-order valence-corrected chi connectivity index (χ2v) is 2.62. The first-order valence-corrected chi connectivity index (χ1v) is 4.36. The number of hydrogen-bond donors (Lipinski definition) is 0. The van der Waals surface area contributed by atoms with E-state index in [4.69, 9.17) is 4.74 Å². The summed E-state index contributed by atoms with van der Waals surface area (Å²) in [5.74, 6) is -1.19. The third-order valence-corrected chi connectivity index (χ3v) is 1.38. The molecule has 0 fully saturated rings. The lowest BCUT2D eigenvalue weighted by Gasteiger charge is -2.05. The maximum Gasteiger partial charge on any atom is 0.331 e. The molecular weight excluding hydrogens is 196 g/mol. The van der Waals surface area contributed by atoms with Crippen molar-refractivity contribution in [2.75, 3.05) is 7.11 Å². The minimum Gasteiger partial charge on any atom is -0.466 e. The summed E-state index contributed by atoms with van der Waals surface area (Å²) < 4.78 is 9.19. The van der Waals surface area contributed by atoms with E-state index in [2.05, 4.69) is 11.3 Å². The van der Waals surface area contributed by atoms with Gasteiger partial charge >= 0.3 is 11.9 Å². The van der Waals surface area contributed by atoms with Gasteiger partial charge in [0.15, 0.2) is 0 Å². The second-order valence-electron chi connectivity index (χ2n) is 2.62. The highest BCUT2D eigenvalue weighted by atomic mass is 16.5. The summed E-state index contributed by atoms with van der Waals surface area (Å²) >= 11 is 0. The van der Waals surface area contributed by atoms with Gasteiger partial charge in [0.2, 0.25) is 0 Å². The largest absolute Gasteiger partial charge is 0.466 e. The van der Waals surface area contributed by atoms with Gasteiger partial charge in [-0.15, -0.1) is 0 Å². The topological polar surface area (TPSA) is 52.6 Å². The van der Waals surface area contributed by atoms with E-state index >= 15 is 0 Å². The Labute approximate surface area is 88.9 Å². The van der Waals surface area contributed by atoms with Crippen molar-refractivity contribution in [1.82, 2.24) is 0 Å².